The molecule has 0 unspecified atom stereocenters. The molecule has 0 radical (unpaired) electrons. The van der Waals surface area contributed by atoms with Crippen LogP contribution in [-0.4, -0.2) is 23.9 Å². The Morgan fingerprint density at radius 2 is 0.810 bits per heavy atom. The quantitative estimate of drug-likeness (QED) is 0.165. The number of rotatable bonds is 5. The van der Waals surface area contributed by atoms with E-state index < -0.39 is 0 Å². The summed E-state index contributed by atoms with van der Waals surface area (Å²) in [4.78, 5) is 14.9. The van der Waals surface area contributed by atoms with Gasteiger partial charge in [-0.15, -0.1) is 0 Å². The molecule has 12 rings (SSSR count). The fraction of sp³-hybridized carbons (Fsp3) is 0. The van der Waals surface area contributed by atoms with E-state index in [1.165, 1.54) is 59.9 Å². The van der Waals surface area contributed by atoms with Crippen LogP contribution in [0.5, 0.6) is 0 Å². The Bertz CT molecular complexity index is 3490. The molecule has 0 spiro atoms. The van der Waals surface area contributed by atoms with Gasteiger partial charge >= 0.3 is 0 Å². The van der Waals surface area contributed by atoms with E-state index in [-0.39, 0.29) is 0 Å². The fourth-order valence-corrected chi connectivity index (χ4v) is 8.82. The van der Waals surface area contributed by atoms with Crippen molar-refractivity contribution in [2.75, 3.05) is 0 Å². The highest BCUT2D eigenvalue weighted by Crippen LogP contribution is 2.40. The van der Waals surface area contributed by atoms with Gasteiger partial charge in [0.15, 0.2) is 17.5 Å². The van der Waals surface area contributed by atoms with Crippen molar-refractivity contribution in [2.45, 2.75) is 0 Å². The van der Waals surface area contributed by atoms with Crippen LogP contribution in [0.3, 0.4) is 0 Å². The molecule has 5 nitrogen and oxygen atoms in total. The molecule has 12 aromatic rings. The monoisotopic (exact) mass is 739 g/mol. The number of aromatic nitrogens is 5. The number of pyridine rings is 1. The summed E-state index contributed by atoms with van der Waals surface area (Å²) in [7, 11) is 0. The van der Waals surface area contributed by atoms with E-state index in [0.717, 1.165) is 33.5 Å². The first kappa shape index (κ1) is 32.4. The molecule has 0 fully saturated rings. The smallest absolute Gasteiger partial charge is 0.164 e. The third kappa shape index (κ3) is 5.07. The number of benzene rings is 8. The van der Waals surface area contributed by atoms with Gasteiger partial charge in [0.05, 0.1) is 27.6 Å². The van der Waals surface area contributed by atoms with Gasteiger partial charge in [-0.1, -0.05) is 146 Å². The maximum atomic E-state index is 4.98. The number of hydrogen-bond acceptors (Lipinski definition) is 3. The highest BCUT2D eigenvalue weighted by Gasteiger charge is 2.18. The lowest BCUT2D eigenvalue weighted by molar-refractivity contribution is 1.07. The third-order valence-electron chi connectivity index (χ3n) is 11.5. The SMILES string of the molecule is c1ccc(-c2nc(-c3ccccc3)nc(-c3cccc(-c4ccc(-n5c6ccccc6c6cc7c8ccccc8n8c9ccccc9cc8c7cc65)cc4)c3)n2)cc1. The highest BCUT2D eigenvalue weighted by atomic mass is 15.0. The number of fused-ring (bicyclic) bond motifs is 11. The molecule has 4 aromatic heterocycles. The molecule has 0 aliphatic rings. The summed E-state index contributed by atoms with van der Waals surface area (Å²) in [5.74, 6) is 1.94. The summed E-state index contributed by atoms with van der Waals surface area (Å²) in [5.41, 5.74) is 12.2. The van der Waals surface area contributed by atoms with Crippen LogP contribution in [0.2, 0.25) is 0 Å². The normalized spacial score (nSPS) is 11.8. The predicted molar refractivity (Wildman–Crippen MR) is 239 cm³/mol. The average molecular weight is 740 g/mol. The minimum Gasteiger partial charge on any atom is -0.309 e. The minimum absolute atomic E-state index is 0.640. The van der Waals surface area contributed by atoms with Gasteiger partial charge in [-0.05, 0) is 71.1 Å². The van der Waals surface area contributed by atoms with Crippen LogP contribution in [0.25, 0.3) is 111 Å². The minimum atomic E-state index is 0.640. The summed E-state index contributed by atoms with van der Waals surface area (Å²) < 4.78 is 4.84. The molecule has 5 heteroatoms. The van der Waals surface area contributed by atoms with E-state index in [2.05, 4.69) is 148 Å². The van der Waals surface area contributed by atoms with Crippen LogP contribution >= 0.6 is 0 Å². The zero-order valence-corrected chi connectivity index (χ0v) is 31.3. The van der Waals surface area contributed by atoms with Crippen molar-refractivity contribution >= 4 is 59.9 Å². The predicted octanol–water partition coefficient (Wildman–Crippen LogP) is 13.3. The zero-order valence-electron chi connectivity index (χ0n) is 31.3. The Morgan fingerprint density at radius 3 is 1.52 bits per heavy atom. The van der Waals surface area contributed by atoms with Crippen LogP contribution in [0, 0.1) is 0 Å². The van der Waals surface area contributed by atoms with Gasteiger partial charge < -0.3 is 8.97 Å². The second kappa shape index (κ2) is 12.8. The lowest BCUT2D eigenvalue weighted by Crippen LogP contribution is -2.00. The van der Waals surface area contributed by atoms with Crippen LogP contribution in [-0.2, 0) is 0 Å². The largest absolute Gasteiger partial charge is 0.309 e. The number of para-hydroxylation sites is 3. The number of hydrogen-bond donors (Lipinski definition) is 0. The van der Waals surface area contributed by atoms with E-state index in [9.17, 15) is 0 Å². The Balaban J connectivity index is 0.997. The van der Waals surface area contributed by atoms with Crippen LogP contribution in [0.1, 0.15) is 0 Å². The van der Waals surface area contributed by atoms with Gasteiger partial charge in [-0.25, -0.2) is 15.0 Å². The fourth-order valence-electron chi connectivity index (χ4n) is 8.82. The summed E-state index contributed by atoms with van der Waals surface area (Å²) >= 11 is 0. The van der Waals surface area contributed by atoms with E-state index in [1.807, 2.05) is 60.7 Å². The molecule has 0 bridgehead atoms. The molecular weight excluding hydrogens is 707 g/mol. The molecule has 8 aromatic carbocycles. The summed E-state index contributed by atoms with van der Waals surface area (Å²) in [6.07, 6.45) is 0. The summed E-state index contributed by atoms with van der Waals surface area (Å²) in [6, 6.07) is 71.0. The van der Waals surface area contributed by atoms with Crippen LogP contribution in [0.4, 0.5) is 0 Å². The molecule has 0 amide bonds. The lowest BCUT2D eigenvalue weighted by Gasteiger charge is -2.13. The third-order valence-corrected chi connectivity index (χ3v) is 11.5. The molecule has 58 heavy (non-hydrogen) atoms. The van der Waals surface area contributed by atoms with Gasteiger partial charge in [-0.2, -0.15) is 0 Å². The topological polar surface area (TPSA) is 48.0 Å². The first-order valence-corrected chi connectivity index (χ1v) is 19.6. The molecule has 0 aliphatic carbocycles. The lowest BCUT2D eigenvalue weighted by atomic mass is 10.0. The number of nitrogens with zero attached hydrogens (tertiary/aromatic N) is 5. The maximum Gasteiger partial charge on any atom is 0.164 e. The highest BCUT2D eigenvalue weighted by molar-refractivity contribution is 6.22. The molecule has 270 valence electrons. The Hall–Kier alpha value is -7.89. The first-order valence-electron chi connectivity index (χ1n) is 19.6. The van der Waals surface area contributed by atoms with Crippen molar-refractivity contribution in [3.63, 3.8) is 0 Å². The van der Waals surface area contributed by atoms with Crippen LogP contribution in [0.15, 0.2) is 200 Å². The van der Waals surface area contributed by atoms with Gasteiger partial charge in [0.2, 0.25) is 0 Å². The van der Waals surface area contributed by atoms with Crippen LogP contribution < -0.4 is 0 Å². The molecule has 0 saturated heterocycles. The summed E-state index contributed by atoms with van der Waals surface area (Å²) in [6.45, 7) is 0. The molecule has 4 heterocycles. The van der Waals surface area contributed by atoms with Crippen molar-refractivity contribution in [3.8, 4) is 51.0 Å². The standard InChI is InChI=1S/C53H33N5/c1-3-14-35(15-4-1)51-54-52(36-16-5-2-6-17-36)56-53(55-51)39-20-13-19-37(30-39)34-26-28-40(29-27-34)57-47-24-11-9-22-42(47)44-32-43-41-21-8-12-25-48(41)58-46-23-10-7-18-38(46)31-49(58)45(43)33-50(44)57/h1-33H. The van der Waals surface area contributed by atoms with Crippen molar-refractivity contribution in [2.24, 2.45) is 0 Å². The average Bonchev–Trinajstić information content (AvgIpc) is 3.85. The van der Waals surface area contributed by atoms with Gasteiger partial charge in [0.25, 0.3) is 0 Å². The van der Waals surface area contributed by atoms with E-state index in [0.29, 0.717) is 17.5 Å². The van der Waals surface area contributed by atoms with E-state index >= 15 is 0 Å². The van der Waals surface area contributed by atoms with Gasteiger partial charge in [-0.3, -0.25) is 0 Å². The van der Waals surface area contributed by atoms with Crippen molar-refractivity contribution in [1.82, 2.24) is 23.9 Å². The second-order valence-electron chi connectivity index (χ2n) is 14.9. The Labute approximate surface area is 333 Å². The van der Waals surface area contributed by atoms with Crippen molar-refractivity contribution < 1.29 is 0 Å². The Kier molecular flexibility index (Phi) is 7.16. The van der Waals surface area contributed by atoms with E-state index in [1.54, 1.807) is 0 Å². The maximum absolute atomic E-state index is 4.98. The van der Waals surface area contributed by atoms with E-state index in [4.69, 9.17) is 15.0 Å². The Morgan fingerprint density at radius 1 is 0.276 bits per heavy atom. The molecular formula is C53H33N5. The molecule has 0 atom stereocenters. The van der Waals surface area contributed by atoms with Crippen molar-refractivity contribution in [3.05, 3.63) is 200 Å². The summed E-state index contributed by atoms with van der Waals surface area (Å²) in [5, 5.41) is 7.48. The molecule has 0 saturated carbocycles. The molecule has 0 N–H and O–H groups in total. The zero-order chi connectivity index (χ0) is 38.2. The second-order valence-corrected chi connectivity index (χ2v) is 14.9. The van der Waals surface area contributed by atoms with Gasteiger partial charge in [0.1, 0.15) is 0 Å². The van der Waals surface area contributed by atoms with Crippen molar-refractivity contribution in [1.29, 1.82) is 0 Å². The first-order chi connectivity index (χ1) is 28.7. The van der Waals surface area contributed by atoms with Gasteiger partial charge in [0, 0.05) is 49.3 Å². The molecule has 0 aliphatic heterocycles.